The Balaban J connectivity index is 1.91. The van der Waals surface area contributed by atoms with Gasteiger partial charge in [0, 0.05) is 29.0 Å². The number of benzene rings is 2. The van der Waals surface area contributed by atoms with E-state index < -0.39 is 0 Å². The molecule has 0 aliphatic rings. The number of hydrogen-bond acceptors (Lipinski definition) is 1. The van der Waals surface area contributed by atoms with Gasteiger partial charge in [0.2, 0.25) is 0 Å². The molecule has 94 valence electrons. The highest BCUT2D eigenvalue weighted by Crippen LogP contribution is 2.16. The average Bonchev–Trinajstić information content (AvgIpc) is 2.90. The summed E-state index contributed by atoms with van der Waals surface area (Å²) in [5, 5.41) is 0. The number of halogens is 1. The van der Waals surface area contributed by atoms with Crippen LogP contribution < -0.4 is 0 Å². The van der Waals surface area contributed by atoms with E-state index in [1.54, 1.807) is 0 Å². The highest BCUT2D eigenvalue weighted by atomic mass is 79.9. The summed E-state index contributed by atoms with van der Waals surface area (Å²) < 4.78 is 3.23. The highest BCUT2D eigenvalue weighted by Gasteiger charge is 2.05. The second-order valence-electron chi connectivity index (χ2n) is 4.35. The zero-order valence-electron chi connectivity index (χ0n) is 10.3. The molecule has 3 heteroatoms. The Morgan fingerprint density at radius 2 is 1.68 bits per heavy atom. The maximum atomic E-state index is 4.46. The number of para-hydroxylation sites is 1. The average molecular weight is 313 g/mol. The highest BCUT2D eigenvalue weighted by molar-refractivity contribution is 9.10. The molecule has 19 heavy (non-hydrogen) atoms. The summed E-state index contributed by atoms with van der Waals surface area (Å²) in [6, 6.07) is 18.6. The van der Waals surface area contributed by atoms with Gasteiger partial charge in [-0.25, -0.2) is 4.98 Å². The summed E-state index contributed by atoms with van der Waals surface area (Å²) in [6.07, 6.45) is 4.68. The van der Waals surface area contributed by atoms with Crippen molar-refractivity contribution in [3.05, 3.63) is 82.9 Å². The Kier molecular flexibility index (Phi) is 3.47. The molecule has 0 bridgehead atoms. The van der Waals surface area contributed by atoms with Gasteiger partial charge >= 0.3 is 0 Å². The largest absolute Gasteiger partial charge is 0.303 e. The summed E-state index contributed by atoms with van der Waals surface area (Å²) in [5.74, 6) is 1.05. The van der Waals surface area contributed by atoms with Gasteiger partial charge in [0.05, 0.1) is 0 Å². The van der Waals surface area contributed by atoms with Crippen LogP contribution in [0.2, 0.25) is 0 Å². The van der Waals surface area contributed by atoms with Crippen LogP contribution in [0.3, 0.4) is 0 Å². The molecule has 0 radical (unpaired) electrons. The molecule has 2 nitrogen and oxygen atoms in total. The third-order valence-corrected chi connectivity index (χ3v) is 3.56. The molecule has 1 aromatic heterocycles. The fourth-order valence-corrected chi connectivity index (χ4v) is 2.34. The van der Waals surface area contributed by atoms with Crippen molar-refractivity contribution in [2.75, 3.05) is 0 Å². The summed E-state index contributed by atoms with van der Waals surface area (Å²) >= 11 is 3.45. The molecule has 3 aromatic rings. The van der Waals surface area contributed by atoms with Crippen molar-refractivity contribution >= 4 is 15.9 Å². The lowest BCUT2D eigenvalue weighted by Gasteiger charge is -2.07. The molecule has 0 saturated heterocycles. The maximum absolute atomic E-state index is 4.46. The number of imidazole rings is 1. The molecular formula is C16H13BrN2. The fourth-order valence-electron chi connectivity index (χ4n) is 2.07. The van der Waals surface area contributed by atoms with E-state index >= 15 is 0 Å². The summed E-state index contributed by atoms with van der Waals surface area (Å²) in [6.45, 7) is 0. The van der Waals surface area contributed by atoms with Crippen molar-refractivity contribution < 1.29 is 0 Å². The van der Waals surface area contributed by atoms with Gasteiger partial charge in [-0.05, 0) is 29.8 Å². The molecule has 0 atom stereocenters. The van der Waals surface area contributed by atoms with Crippen LogP contribution in [0.5, 0.6) is 0 Å². The first kappa shape index (κ1) is 12.2. The molecule has 0 N–H and O–H groups in total. The van der Waals surface area contributed by atoms with Crippen molar-refractivity contribution in [3.8, 4) is 5.69 Å². The first-order valence-corrected chi connectivity index (χ1v) is 6.94. The van der Waals surface area contributed by atoms with Crippen molar-refractivity contribution in [2.24, 2.45) is 0 Å². The Hall–Kier alpha value is -1.87. The predicted molar refractivity (Wildman–Crippen MR) is 80.5 cm³/mol. The fraction of sp³-hybridized carbons (Fsp3) is 0.0625. The Bertz CT molecular complexity index is 657. The van der Waals surface area contributed by atoms with Gasteiger partial charge in [0.25, 0.3) is 0 Å². The summed E-state index contributed by atoms with van der Waals surface area (Å²) in [5.41, 5.74) is 2.40. The summed E-state index contributed by atoms with van der Waals surface area (Å²) in [7, 11) is 0. The number of rotatable bonds is 3. The van der Waals surface area contributed by atoms with E-state index in [2.05, 4.69) is 61.9 Å². The molecular weight excluding hydrogens is 300 g/mol. The van der Waals surface area contributed by atoms with Crippen molar-refractivity contribution in [1.82, 2.24) is 9.55 Å². The van der Waals surface area contributed by atoms with Gasteiger partial charge in [0.15, 0.2) is 0 Å². The third-order valence-electron chi connectivity index (χ3n) is 3.03. The van der Waals surface area contributed by atoms with E-state index in [9.17, 15) is 0 Å². The zero-order valence-corrected chi connectivity index (χ0v) is 11.9. The smallest absolute Gasteiger partial charge is 0.117 e. The van der Waals surface area contributed by atoms with E-state index in [0.717, 1.165) is 22.4 Å². The first-order valence-electron chi connectivity index (χ1n) is 6.15. The molecule has 0 aliphatic carbocycles. The van der Waals surface area contributed by atoms with Crippen molar-refractivity contribution in [3.63, 3.8) is 0 Å². The lowest BCUT2D eigenvalue weighted by atomic mass is 10.1. The van der Waals surface area contributed by atoms with Crippen LogP contribution >= 0.6 is 15.9 Å². The first-order chi connectivity index (χ1) is 9.33. The SMILES string of the molecule is Brc1ccc(Cc2nccn2-c2ccccc2)cc1. The van der Waals surface area contributed by atoms with E-state index in [-0.39, 0.29) is 0 Å². The number of aromatic nitrogens is 2. The second-order valence-corrected chi connectivity index (χ2v) is 5.27. The van der Waals surface area contributed by atoms with Crippen molar-refractivity contribution in [1.29, 1.82) is 0 Å². The van der Waals surface area contributed by atoms with Crippen LogP contribution in [0.15, 0.2) is 71.5 Å². The van der Waals surface area contributed by atoms with E-state index in [4.69, 9.17) is 0 Å². The minimum atomic E-state index is 0.829. The zero-order chi connectivity index (χ0) is 13.1. The van der Waals surface area contributed by atoms with Crippen LogP contribution in [0.4, 0.5) is 0 Å². The third kappa shape index (κ3) is 2.76. The molecule has 0 unspecified atom stereocenters. The van der Waals surface area contributed by atoms with Gasteiger partial charge in [0.1, 0.15) is 5.82 Å². The van der Waals surface area contributed by atoms with E-state index in [1.165, 1.54) is 5.56 Å². The second kappa shape index (κ2) is 5.41. The van der Waals surface area contributed by atoms with E-state index in [0.29, 0.717) is 0 Å². The van der Waals surface area contributed by atoms with Gasteiger partial charge in [-0.15, -0.1) is 0 Å². The lowest BCUT2D eigenvalue weighted by molar-refractivity contribution is 0.913. The van der Waals surface area contributed by atoms with Crippen LogP contribution in [-0.2, 0) is 6.42 Å². The number of nitrogens with zero attached hydrogens (tertiary/aromatic N) is 2. The molecule has 0 saturated carbocycles. The molecule has 1 heterocycles. The van der Waals surface area contributed by atoms with Crippen LogP contribution in [-0.4, -0.2) is 9.55 Å². The monoisotopic (exact) mass is 312 g/mol. The predicted octanol–water partition coefficient (Wildman–Crippen LogP) is 4.23. The number of hydrogen-bond donors (Lipinski definition) is 0. The van der Waals surface area contributed by atoms with Crippen LogP contribution in [0.1, 0.15) is 11.4 Å². The standard InChI is InChI=1S/C16H13BrN2/c17-14-8-6-13(7-9-14)12-16-18-10-11-19(16)15-4-2-1-3-5-15/h1-11H,12H2. The van der Waals surface area contributed by atoms with Gasteiger partial charge in [-0.1, -0.05) is 46.3 Å². The Labute approximate surface area is 120 Å². The van der Waals surface area contributed by atoms with E-state index in [1.807, 2.05) is 30.6 Å². The molecule has 0 aliphatic heterocycles. The minimum absolute atomic E-state index is 0.829. The van der Waals surface area contributed by atoms with Gasteiger partial charge in [-0.2, -0.15) is 0 Å². The Morgan fingerprint density at radius 3 is 2.42 bits per heavy atom. The van der Waals surface area contributed by atoms with Crippen LogP contribution in [0.25, 0.3) is 5.69 Å². The normalized spacial score (nSPS) is 10.6. The molecule has 3 rings (SSSR count). The molecule has 0 spiro atoms. The summed E-state index contributed by atoms with van der Waals surface area (Å²) in [4.78, 5) is 4.46. The quantitative estimate of drug-likeness (QED) is 0.708. The molecule has 2 aromatic carbocycles. The molecule has 0 amide bonds. The maximum Gasteiger partial charge on any atom is 0.117 e. The van der Waals surface area contributed by atoms with Gasteiger partial charge in [-0.3, -0.25) is 0 Å². The van der Waals surface area contributed by atoms with Gasteiger partial charge < -0.3 is 4.57 Å². The minimum Gasteiger partial charge on any atom is -0.303 e. The van der Waals surface area contributed by atoms with Crippen LogP contribution in [0, 0.1) is 0 Å². The lowest BCUT2D eigenvalue weighted by Crippen LogP contribution is -2.01. The Morgan fingerprint density at radius 1 is 0.947 bits per heavy atom. The van der Waals surface area contributed by atoms with Crippen molar-refractivity contribution in [2.45, 2.75) is 6.42 Å². The topological polar surface area (TPSA) is 17.8 Å². The molecule has 0 fully saturated rings.